The zero-order valence-electron chi connectivity index (χ0n) is 13.6. The smallest absolute Gasteiger partial charge is 0.221 e. The number of anilines is 2. The molecule has 0 aliphatic rings. The van der Waals surface area contributed by atoms with E-state index >= 15 is 0 Å². The molecule has 24 heavy (non-hydrogen) atoms. The lowest BCUT2D eigenvalue weighted by Gasteiger charge is -2.14. The Balaban J connectivity index is 2.40. The molecule has 0 bridgehead atoms. The number of aryl methyl sites for hydroxylation is 1. The van der Waals surface area contributed by atoms with Gasteiger partial charge in [-0.15, -0.1) is 0 Å². The average molecular weight is 346 g/mol. The molecule has 2 aromatic heterocycles. The highest BCUT2D eigenvalue weighted by molar-refractivity contribution is 7.92. The van der Waals surface area contributed by atoms with Gasteiger partial charge >= 0.3 is 0 Å². The molecule has 3 aromatic rings. The van der Waals surface area contributed by atoms with Gasteiger partial charge in [0.2, 0.25) is 5.95 Å². The van der Waals surface area contributed by atoms with Gasteiger partial charge in [0.05, 0.1) is 15.7 Å². The largest absolute Gasteiger partial charge is 0.383 e. The van der Waals surface area contributed by atoms with Crippen molar-refractivity contribution in [3.63, 3.8) is 0 Å². The number of hydrogen-bond acceptors (Lipinski definition) is 7. The maximum absolute atomic E-state index is 12.8. The zero-order chi connectivity index (χ0) is 17.6. The summed E-state index contributed by atoms with van der Waals surface area (Å²) in [4.78, 5) is 8.03. The topological polar surface area (TPSA) is 130 Å². The molecule has 0 fully saturated rings. The fraction of sp³-hybridized carbons (Fsp3) is 0.267. The molecule has 0 atom stereocenters. The Bertz CT molecular complexity index is 1040. The lowest BCUT2D eigenvalue weighted by molar-refractivity contribution is 0.588. The molecule has 0 radical (unpaired) electrons. The Kier molecular flexibility index (Phi) is 3.67. The quantitative estimate of drug-likeness (QED) is 0.732. The summed E-state index contributed by atoms with van der Waals surface area (Å²) in [6.45, 7) is 3.26. The van der Waals surface area contributed by atoms with E-state index in [-0.39, 0.29) is 16.7 Å². The van der Waals surface area contributed by atoms with Gasteiger partial charge in [0.15, 0.2) is 9.84 Å². The molecule has 0 amide bonds. The zero-order valence-corrected chi connectivity index (χ0v) is 14.4. The van der Waals surface area contributed by atoms with Crippen molar-refractivity contribution < 1.29 is 8.42 Å². The Hall–Kier alpha value is -2.68. The Labute approximate surface area is 139 Å². The van der Waals surface area contributed by atoms with E-state index in [4.69, 9.17) is 11.5 Å². The molecule has 0 spiro atoms. The molecule has 0 unspecified atom stereocenters. The van der Waals surface area contributed by atoms with Crippen molar-refractivity contribution in [1.82, 2.24) is 19.7 Å². The summed E-state index contributed by atoms with van der Waals surface area (Å²) in [5.74, 6) is 0.165. The molecule has 8 nitrogen and oxygen atoms in total. The number of rotatable bonds is 3. The van der Waals surface area contributed by atoms with Crippen LogP contribution in [0.3, 0.4) is 0 Å². The second kappa shape index (κ2) is 5.45. The van der Waals surface area contributed by atoms with E-state index in [0.717, 1.165) is 5.39 Å². The fourth-order valence-electron chi connectivity index (χ4n) is 2.49. The summed E-state index contributed by atoms with van der Waals surface area (Å²) in [6, 6.07) is 3.30. The number of benzene rings is 1. The molecule has 0 saturated heterocycles. The summed E-state index contributed by atoms with van der Waals surface area (Å²) in [7, 11) is -1.78. The van der Waals surface area contributed by atoms with E-state index in [1.165, 1.54) is 6.20 Å². The third-order valence-corrected chi connectivity index (χ3v) is 5.97. The first-order valence-corrected chi connectivity index (χ1v) is 8.84. The Morgan fingerprint density at radius 3 is 2.50 bits per heavy atom. The fourth-order valence-corrected chi connectivity index (χ4v) is 3.75. The lowest BCUT2D eigenvalue weighted by atomic mass is 10.1. The van der Waals surface area contributed by atoms with Gasteiger partial charge in [-0.2, -0.15) is 10.1 Å². The molecular weight excluding hydrogens is 328 g/mol. The van der Waals surface area contributed by atoms with E-state index in [1.54, 1.807) is 43.9 Å². The third-order valence-electron chi connectivity index (χ3n) is 3.77. The predicted molar refractivity (Wildman–Crippen MR) is 92.9 cm³/mol. The highest BCUT2D eigenvalue weighted by Crippen LogP contribution is 2.35. The van der Waals surface area contributed by atoms with Crippen molar-refractivity contribution in [1.29, 1.82) is 0 Å². The first-order valence-electron chi connectivity index (χ1n) is 7.30. The van der Waals surface area contributed by atoms with Crippen LogP contribution in [0.25, 0.3) is 22.0 Å². The van der Waals surface area contributed by atoms with Crippen molar-refractivity contribution in [2.45, 2.75) is 24.0 Å². The minimum absolute atomic E-state index is 0.0342. The van der Waals surface area contributed by atoms with E-state index in [9.17, 15) is 8.42 Å². The lowest BCUT2D eigenvalue weighted by Crippen LogP contribution is -2.15. The Morgan fingerprint density at radius 1 is 1.17 bits per heavy atom. The molecule has 2 heterocycles. The van der Waals surface area contributed by atoms with Crippen LogP contribution in [0.2, 0.25) is 0 Å². The molecule has 0 aliphatic carbocycles. The van der Waals surface area contributed by atoms with Gasteiger partial charge in [0.25, 0.3) is 0 Å². The Morgan fingerprint density at radius 2 is 1.88 bits per heavy atom. The normalized spacial score (nSPS) is 12.2. The minimum Gasteiger partial charge on any atom is -0.383 e. The van der Waals surface area contributed by atoms with E-state index < -0.39 is 15.1 Å². The second-order valence-corrected chi connectivity index (χ2v) is 8.30. The van der Waals surface area contributed by atoms with Crippen molar-refractivity contribution >= 4 is 32.5 Å². The second-order valence-electron chi connectivity index (χ2n) is 5.83. The number of sulfone groups is 1. The van der Waals surface area contributed by atoms with Gasteiger partial charge in [-0.1, -0.05) is 0 Å². The minimum atomic E-state index is -3.56. The van der Waals surface area contributed by atoms with Gasteiger partial charge in [0, 0.05) is 36.0 Å². The standard InChI is InChI=1S/C15H18N6O2S/c1-8(2)24(22,23)13-5-12-9(7-21(3)20-12)4-10(13)11-6-18-15(17)19-14(11)16/h4-8H,1-3H3,(H4,16,17,18,19). The molecule has 1 aromatic carbocycles. The predicted octanol–water partition coefficient (Wildman–Crippen LogP) is 1.38. The number of nitrogen functional groups attached to an aromatic ring is 2. The summed E-state index contributed by atoms with van der Waals surface area (Å²) in [6.07, 6.45) is 3.24. The van der Waals surface area contributed by atoms with Gasteiger partial charge in [-0.3, -0.25) is 4.68 Å². The summed E-state index contributed by atoms with van der Waals surface area (Å²) in [5, 5.41) is 4.50. The highest BCUT2D eigenvalue weighted by atomic mass is 32.2. The first kappa shape index (κ1) is 16.2. The molecule has 3 rings (SSSR count). The molecule has 4 N–H and O–H groups in total. The third kappa shape index (κ3) is 2.56. The molecular formula is C15H18N6O2S. The maximum atomic E-state index is 12.8. The van der Waals surface area contributed by atoms with Gasteiger partial charge < -0.3 is 11.5 Å². The monoisotopic (exact) mass is 346 g/mol. The van der Waals surface area contributed by atoms with Crippen LogP contribution in [-0.4, -0.2) is 33.4 Å². The molecule has 126 valence electrons. The molecule has 0 aliphatic heterocycles. The van der Waals surface area contributed by atoms with Crippen LogP contribution in [0, 0.1) is 0 Å². The van der Waals surface area contributed by atoms with Gasteiger partial charge in [0.1, 0.15) is 5.82 Å². The van der Waals surface area contributed by atoms with Crippen LogP contribution in [0.5, 0.6) is 0 Å². The van der Waals surface area contributed by atoms with Crippen LogP contribution in [0.15, 0.2) is 29.4 Å². The van der Waals surface area contributed by atoms with Gasteiger partial charge in [-0.05, 0) is 26.0 Å². The van der Waals surface area contributed by atoms with E-state index in [1.807, 2.05) is 0 Å². The average Bonchev–Trinajstić information content (AvgIpc) is 2.85. The van der Waals surface area contributed by atoms with Crippen LogP contribution >= 0.6 is 0 Å². The number of aromatic nitrogens is 4. The highest BCUT2D eigenvalue weighted by Gasteiger charge is 2.26. The van der Waals surface area contributed by atoms with Crippen LogP contribution in [0.4, 0.5) is 11.8 Å². The maximum Gasteiger partial charge on any atom is 0.221 e. The summed E-state index contributed by atoms with van der Waals surface area (Å²) in [5.41, 5.74) is 12.9. The van der Waals surface area contributed by atoms with Crippen molar-refractivity contribution in [2.24, 2.45) is 7.05 Å². The van der Waals surface area contributed by atoms with E-state index in [0.29, 0.717) is 16.6 Å². The van der Waals surface area contributed by atoms with Crippen molar-refractivity contribution in [2.75, 3.05) is 11.5 Å². The summed E-state index contributed by atoms with van der Waals surface area (Å²) < 4.78 is 27.3. The number of fused-ring (bicyclic) bond motifs is 1. The summed E-state index contributed by atoms with van der Waals surface area (Å²) >= 11 is 0. The SMILES string of the molecule is CC(C)S(=O)(=O)c1cc2nn(C)cc2cc1-c1cnc(N)nc1N. The van der Waals surface area contributed by atoms with Crippen LogP contribution in [0.1, 0.15) is 13.8 Å². The van der Waals surface area contributed by atoms with Crippen LogP contribution < -0.4 is 11.5 Å². The molecule has 9 heteroatoms. The number of nitrogens with zero attached hydrogens (tertiary/aromatic N) is 4. The number of hydrogen-bond donors (Lipinski definition) is 2. The van der Waals surface area contributed by atoms with E-state index in [2.05, 4.69) is 15.1 Å². The van der Waals surface area contributed by atoms with Crippen molar-refractivity contribution in [3.05, 3.63) is 24.5 Å². The van der Waals surface area contributed by atoms with Crippen molar-refractivity contribution in [3.8, 4) is 11.1 Å². The van der Waals surface area contributed by atoms with Gasteiger partial charge in [-0.25, -0.2) is 13.4 Å². The first-order chi connectivity index (χ1) is 11.2. The molecule has 0 saturated carbocycles. The number of nitrogens with two attached hydrogens (primary N) is 2. The van der Waals surface area contributed by atoms with Crippen LogP contribution in [-0.2, 0) is 16.9 Å².